The molecule has 2 aromatic rings. The van der Waals surface area contributed by atoms with E-state index in [2.05, 4.69) is 16.6 Å². The summed E-state index contributed by atoms with van der Waals surface area (Å²) in [5, 5.41) is 9.26. The van der Waals surface area contributed by atoms with Gasteiger partial charge in [0.1, 0.15) is 0 Å². The fourth-order valence-electron chi connectivity index (χ4n) is 2.20. The Balaban J connectivity index is 1.73. The van der Waals surface area contributed by atoms with Gasteiger partial charge in [-0.1, -0.05) is 35.3 Å². The molecule has 0 bridgehead atoms. The van der Waals surface area contributed by atoms with Gasteiger partial charge < -0.3 is 5.32 Å². The van der Waals surface area contributed by atoms with Gasteiger partial charge in [-0.05, 0) is 31.4 Å². The van der Waals surface area contributed by atoms with Crippen LogP contribution in [-0.4, -0.2) is 15.8 Å². The summed E-state index contributed by atoms with van der Waals surface area (Å²) in [4.78, 5) is 0. The van der Waals surface area contributed by atoms with Crippen LogP contribution in [0.5, 0.6) is 0 Å². The van der Waals surface area contributed by atoms with Gasteiger partial charge >= 0.3 is 0 Å². The Morgan fingerprint density at radius 1 is 1.30 bits per heavy atom. The fraction of sp³-hybridized carbons (Fsp3) is 0.400. The molecule has 1 heterocycles. The van der Waals surface area contributed by atoms with Crippen LogP contribution in [0.25, 0.3) is 0 Å². The molecular weight excluding hydrogens is 293 g/mol. The molecule has 1 aliphatic rings. The first kappa shape index (κ1) is 13.9. The van der Waals surface area contributed by atoms with E-state index in [1.165, 1.54) is 18.4 Å². The Bertz CT molecular complexity index is 618. The number of benzene rings is 1. The lowest BCUT2D eigenvalue weighted by Gasteiger charge is -2.05. The summed E-state index contributed by atoms with van der Waals surface area (Å²) in [5.74, 6) is 0. The lowest BCUT2D eigenvalue weighted by Crippen LogP contribution is -2.15. The number of halogens is 2. The third-order valence-corrected chi connectivity index (χ3v) is 4.43. The van der Waals surface area contributed by atoms with Crippen molar-refractivity contribution in [3.63, 3.8) is 0 Å². The second-order valence-corrected chi connectivity index (χ2v) is 6.09. The van der Waals surface area contributed by atoms with Gasteiger partial charge in [-0.25, -0.2) is 0 Å². The van der Waals surface area contributed by atoms with Gasteiger partial charge in [0.05, 0.1) is 22.3 Å². The summed E-state index contributed by atoms with van der Waals surface area (Å²) in [6, 6.07) is 6.40. The maximum absolute atomic E-state index is 6.22. The summed E-state index contributed by atoms with van der Waals surface area (Å²) in [5.41, 5.74) is 3.30. The van der Waals surface area contributed by atoms with Crippen LogP contribution in [0, 0.1) is 6.92 Å². The maximum atomic E-state index is 6.22. The molecular formula is C15H17Cl2N3. The second kappa shape index (κ2) is 5.76. The van der Waals surface area contributed by atoms with Crippen molar-refractivity contribution in [1.82, 2.24) is 15.1 Å². The molecule has 0 saturated heterocycles. The molecule has 3 nitrogen and oxygen atoms in total. The number of nitrogens with zero attached hydrogens (tertiary/aromatic N) is 2. The third-order valence-electron chi connectivity index (χ3n) is 3.57. The molecule has 1 N–H and O–H groups in total. The first-order chi connectivity index (χ1) is 9.63. The third kappa shape index (κ3) is 3.17. The van der Waals surface area contributed by atoms with E-state index >= 15 is 0 Å². The summed E-state index contributed by atoms with van der Waals surface area (Å²) < 4.78 is 1.93. The first-order valence-corrected chi connectivity index (χ1v) is 7.58. The molecule has 1 aromatic carbocycles. The molecule has 0 atom stereocenters. The highest BCUT2D eigenvalue weighted by Crippen LogP contribution is 2.26. The number of hydrogen-bond donors (Lipinski definition) is 1. The normalized spacial score (nSPS) is 14.8. The van der Waals surface area contributed by atoms with Crippen LogP contribution >= 0.6 is 23.2 Å². The van der Waals surface area contributed by atoms with Crippen molar-refractivity contribution in [3.8, 4) is 0 Å². The van der Waals surface area contributed by atoms with Crippen LogP contribution in [0.2, 0.25) is 10.0 Å². The quantitative estimate of drug-likeness (QED) is 0.910. The highest BCUT2D eigenvalue weighted by atomic mass is 35.5. The van der Waals surface area contributed by atoms with Gasteiger partial charge in [0.2, 0.25) is 0 Å². The van der Waals surface area contributed by atoms with E-state index in [1.807, 2.05) is 23.7 Å². The summed E-state index contributed by atoms with van der Waals surface area (Å²) in [6.45, 7) is 3.57. The molecule has 0 unspecified atom stereocenters. The molecule has 1 fully saturated rings. The predicted molar refractivity (Wildman–Crippen MR) is 82.4 cm³/mol. The molecule has 0 spiro atoms. The molecule has 20 heavy (non-hydrogen) atoms. The topological polar surface area (TPSA) is 29.9 Å². The van der Waals surface area contributed by atoms with E-state index < -0.39 is 0 Å². The average molecular weight is 310 g/mol. The molecule has 3 rings (SSSR count). The Morgan fingerprint density at radius 3 is 2.85 bits per heavy atom. The van der Waals surface area contributed by atoms with Crippen LogP contribution in [0.4, 0.5) is 0 Å². The summed E-state index contributed by atoms with van der Waals surface area (Å²) in [7, 11) is 0. The lowest BCUT2D eigenvalue weighted by molar-refractivity contribution is 0.674. The van der Waals surface area contributed by atoms with Crippen molar-refractivity contribution < 1.29 is 0 Å². The highest BCUT2D eigenvalue weighted by molar-refractivity contribution is 6.42. The number of aryl methyl sites for hydroxylation is 1. The average Bonchev–Trinajstić information content (AvgIpc) is 3.18. The van der Waals surface area contributed by atoms with Gasteiger partial charge in [0.25, 0.3) is 0 Å². The second-order valence-electron chi connectivity index (χ2n) is 5.31. The van der Waals surface area contributed by atoms with Crippen molar-refractivity contribution >= 4 is 23.2 Å². The minimum absolute atomic E-state index is 0.587. The van der Waals surface area contributed by atoms with Crippen molar-refractivity contribution in [3.05, 3.63) is 51.3 Å². The van der Waals surface area contributed by atoms with Gasteiger partial charge in [-0.15, -0.1) is 0 Å². The Kier molecular flexibility index (Phi) is 4.01. The number of aromatic nitrogens is 2. The van der Waals surface area contributed by atoms with Crippen LogP contribution in [0.1, 0.15) is 29.7 Å². The standard InChI is InChI=1S/C15H17Cl2N3/c1-10-12(7-18-13-5-6-13)9-20(19-10)8-11-3-2-4-14(16)15(11)17/h2-4,9,13,18H,5-8H2,1H3. The van der Waals surface area contributed by atoms with Gasteiger partial charge in [-0.3, -0.25) is 4.68 Å². The zero-order chi connectivity index (χ0) is 14.1. The summed E-state index contributed by atoms with van der Waals surface area (Å²) >= 11 is 12.3. The van der Waals surface area contributed by atoms with Crippen molar-refractivity contribution in [2.75, 3.05) is 0 Å². The zero-order valence-electron chi connectivity index (χ0n) is 11.4. The lowest BCUT2D eigenvalue weighted by atomic mass is 10.2. The maximum Gasteiger partial charge on any atom is 0.0674 e. The van der Waals surface area contributed by atoms with Gasteiger partial charge in [0, 0.05) is 24.3 Å². The number of rotatable bonds is 5. The van der Waals surface area contributed by atoms with E-state index in [1.54, 1.807) is 6.07 Å². The highest BCUT2D eigenvalue weighted by Gasteiger charge is 2.20. The fourth-order valence-corrected chi connectivity index (χ4v) is 2.58. The molecule has 1 aliphatic carbocycles. The van der Waals surface area contributed by atoms with E-state index in [0.717, 1.165) is 17.8 Å². The van der Waals surface area contributed by atoms with E-state index in [4.69, 9.17) is 23.2 Å². The molecule has 0 aliphatic heterocycles. The smallest absolute Gasteiger partial charge is 0.0674 e. The van der Waals surface area contributed by atoms with E-state index in [9.17, 15) is 0 Å². The molecule has 5 heteroatoms. The van der Waals surface area contributed by atoms with Crippen molar-refractivity contribution in [2.45, 2.75) is 38.9 Å². The van der Waals surface area contributed by atoms with Crippen LogP contribution in [-0.2, 0) is 13.1 Å². The Morgan fingerprint density at radius 2 is 2.10 bits per heavy atom. The molecule has 1 aromatic heterocycles. The number of nitrogens with one attached hydrogen (secondary N) is 1. The predicted octanol–water partition coefficient (Wildman–Crippen LogP) is 3.80. The molecule has 106 valence electrons. The van der Waals surface area contributed by atoms with Crippen LogP contribution in [0.3, 0.4) is 0 Å². The van der Waals surface area contributed by atoms with E-state index in [0.29, 0.717) is 22.6 Å². The van der Waals surface area contributed by atoms with Crippen LogP contribution < -0.4 is 5.32 Å². The molecule has 1 saturated carbocycles. The van der Waals surface area contributed by atoms with E-state index in [-0.39, 0.29) is 0 Å². The SMILES string of the molecule is Cc1nn(Cc2cccc(Cl)c2Cl)cc1CNC1CC1. The summed E-state index contributed by atoms with van der Waals surface area (Å²) in [6.07, 6.45) is 4.68. The number of hydrogen-bond acceptors (Lipinski definition) is 2. The first-order valence-electron chi connectivity index (χ1n) is 6.82. The van der Waals surface area contributed by atoms with Crippen molar-refractivity contribution in [2.24, 2.45) is 0 Å². The molecule has 0 radical (unpaired) electrons. The van der Waals surface area contributed by atoms with Crippen molar-refractivity contribution in [1.29, 1.82) is 0 Å². The molecule has 0 amide bonds. The largest absolute Gasteiger partial charge is 0.310 e. The van der Waals surface area contributed by atoms with Gasteiger partial charge in [-0.2, -0.15) is 5.10 Å². The van der Waals surface area contributed by atoms with Gasteiger partial charge in [0.15, 0.2) is 0 Å². The Labute approximate surface area is 128 Å². The zero-order valence-corrected chi connectivity index (χ0v) is 12.9. The minimum atomic E-state index is 0.587. The van der Waals surface area contributed by atoms with Crippen LogP contribution in [0.15, 0.2) is 24.4 Å². The monoisotopic (exact) mass is 309 g/mol. The minimum Gasteiger partial charge on any atom is -0.310 e. The Hall–Kier alpha value is -1.03.